The normalized spacial score (nSPS) is 26.8. The summed E-state index contributed by atoms with van der Waals surface area (Å²) in [4.78, 5) is 0. The standard InChI is InChI=1S/C22H24ClNO6/c1-29-14-7-5-12(6-8-14)9-13-10-24(18-15(13)3-2-4-16(18)23)22-21(28)20(27)19(26)17(11-25)30-22/h2-8,10,17,19-22,25-28H,9,11H2,1H3/t17-,19-,20+,21-,22-/m1/s1. The number of hydrogen-bond acceptors (Lipinski definition) is 6. The molecule has 4 N–H and O–H groups in total. The van der Waals surface area contributed by atoms with E-state index in [-0.39, 0.29) is 0 Å². The first-order chi connectivity index (χ1) is 14.4. The van der Waals surface area contributed by atoms with Crippen molar-refractivity contribution >= 4 is 22.5 Å². The van der Waals surface area contributed by atoms with E-state index in [0.29, 0.717) is 17.0 Å². The second-order valence-electron chi connectivity index (χ2n) is 7.44. The molecule has 3 aromatic rings. The fraction of sp³-hybridized carbons (Fsp3) is 0.364. The molecular weight excluding hydrogens is 410 g/mol. The van der Waals surface area contributed by atoms with Crippen LogP contribution in [0.25, 0.3) is 10.9 Å². The highest BCUT2D eigenvalue weighted by atomic mass is 35.5. The Hall–Kier alpha value is -2.13. The third-order valence-corrected chi connectivity index (χ3v) is 5.89. The van der Waals surface area contributed by atoms with Crippen LogP contribution in [0.15, 0.2) is 48.7 Å². The zero-order chi connectivity index (χ0) is 21.4. The van der Waals surface area contributed by atoms with Gasteiger partial charge < -0.3 is 34.5 Å². The van der Waals surface area contributed by atoms with Gasteiger partial charge in [-0.1, -0.05) is 35.9 Å². The van der Waals surface area contributed by atoms with Crippen LogP contribution in [0.1, 0.15) is 17.4 Å². The number of halogens is 1. The summed E-state index contributed by atoms with van der Waals surface area (Å²) >= 11 is 6.48. The van der Waals surface area contributed by atoms with Crippen molar-refractivity contribution in [2.45, 2.75) is 37.1 Å². The van der Waals surface area contributed by atoms with E-state index in [1.807, 2.05) is 42.6 Å². The molecule has 2 heterocycles. The molecular formula is C22H24ClNO6. The number of para-hydroxylation sites is 1. The van der Waals surface area contributed by atoms with Gasteiger partial charge in [0.05, 0.1) is 24.3 Å². The zero-order valence-corrected chi connectivity index (χ0v) is 17.1. The first kappa shape index (κ1) is 21.1. The predicted octanol–water partition coefficient (Wildman–Crippen LogP) is 1.87. The lowest BCUT2D eigenvalue weighted by Crippen LogP contribution is -2.56. The number of hydrogen-bond donors (Lipinski definition) is 4. The molecule has 1 fully saturated rings. The first-order valence-electron chi connectivity index (χ1n) is 9.66. The molecule has 160 valence electrons. The van der Waals surface area contributed by atoms with E-state index in [1.54, 1.807) is 17.7 Å². The Balaban J connectivity index is 1.76. The van der Waals surface area contributed by atoms with Crippen LogP contribution < -0.4 is 4.74 Å². The summed E-state index contributed by atoms with van der Waals surface area (Å²) in [7, 11) is 1.62. The van der Waals surface area contributed by atoms with Crippen molar-refractivity contribution in [3.05, 3.63) is 64.8 Å². The average molecular weight is 434 g/mol. The van der Waals surface area contributed by atoms with Gasteiger partial charge in [-0.3, -0.25) is 0 Å². The topological polar surface area (TPSA) is 104 Å². The molecule has 5 atom stereocenters. The summed E-state index contributed by atoms with van der Waals surface area (Å²) in [5.41, 5.74) is 2.66. The summed E-state index contributed by atoms with van der Waals surface area (Å²) in [5.74, 6) is 0.769. The smallest absolute Gasteiger partial charge is 0.163 e. The largest absolute Gasteiger partial charge is 0.497 e. The molecule has 1 aliphatic rings. The van der Waals surface area contributed by atoms with Gasteiger partial charge in [0.2, 0.25) is 0 Å². The highest BCUT2D eigenvalue weighted by Crippen LogP contribution is 2.36. The quantitative estimate of drug-likeness (QED) is 0.489. The van der Waals surface area contributed by atoms with E-state index in [4.69, 9.17) is 21.1 Å². The lowest BCUT2D eigenvalue weighted by Gasteiger charge is -2.40. The fourth-order valence-corrected chi connectivity index (χ4v) is 4.23. The zero-order valence-electron chi connectivity index (χ0n) is 16.4. The van der Waals surface area contributed by atoms with E-state index in [9.17, 15) is 20.4 Å². The summed E-state index contributed by atoms with van der Waals surface area (Å²) in [5, 5.41) is 41.8. The van der Waals surface area contributed by atoms with E-state index in [1.165, 1.54) is 0 Å². The number of nitrogens with zero attached hydrogens (tertiary/aromatic N) is 1. The molecule has 0 radical (unpaired) electrons. The number of benzene rings is 2. The highest BCUT2D eigenvalue weighted by molar-refractivity contribution is 6.35. The van der Waals surface area contributed by atoms with Crippen molar-refractivity contribution in [3.8, 4) is 5.75 Å². The Morgan fingerprint density at radius 1 is 1.03 bits per heavy atom. The number of aliphatic hydroxyl groups excluding tert-OH is 4. The molecule has 1 aliphatic heterocycles. The van der Waals surface area contributed by atoms with Crippen LogP contribution in [0, 0.1) is 0 Å². The third-order valence-electron chi connectivity index (χ3n) is 5.58. The van der Waals surface area contributed by atoms with Gasteiger partial charge in [0.1, 0.15) is 30.2 Å². The van der Waals surface area contributed by atoms with Gasteiger partial charge in [0.25, 0.3) is 0 Å². The number of methoxy groups -OCH3 is 1. The number of fused-ring (bicyclic) bond motifs is 1. The minimum Gasteiger partial charge on any atom is -0.497 e. The maximum atomic E-state index is 10.6. The minimum atomic E-state index is -1.47. The molecule has 2 aromatic carbocycles. The van der Waals surface area contributed by atoms with E-state index < -0.39 is 37.3 Å². The van der Waals surface area contributed by atoms with Crippen LogP contribution in [0.4, 0.5) is 0 Å². The van der Waals surface area contributed by atoms with Crippen molar-refractivity contribution in [1.82, 2.24) is 4.57 Å². The number of rotatable bonds is 5. The van der Waals surface area contributed by atoms with Crippen LogP contribution in [0.2, 0.25) is 5.02 Å². The van der Waals surface area contributed by atoms with Gasteiger partial charge in [-0.15, -0.1) is 0 Å². The summed E-state index contributed by atoms with van der Waals surface area (Å²) in [6.07, 6.45) is -3.88. The Labute approximate surface area is 178 Å². The first-order valence-corrected chi connectivity index (χ1v) is 10.0. The molecule has 0 saturated carbocycles. The van der Waals surface area contributed by atoms with Crippen LogP contribution in [0.5, 0.6) is 5.75 Å². The molecule has 1 saturated heterocycles. The van der Waals surface area contributed by atoms with Gasteiger partial charge in [-0.25, -0.2) is 0 Å². The second-order valence-corrected chi connectivity index (χ2v) is 7.85. The minimum absolute atomic E-state index is 0.463. The van der Waals surface area contributed by atoms with Crippen LogP contribution in [-0.2, 0) is 11.2 Å². The van der Waals surface area contributed by atoms with Crippen molar-refractivity contribution in [2.24, 2.45) is 0 Å². The highest BCUT2D eigenvalue weighted by Gasteiger charge is 2.44. The monoisotopic (exact) mass is 433 g/mol. The van der Waals surface area contributed by atoms with E-state index in [2.05, 4.69) is 0 Å². The second kappa shape index (κ2) is 8.55. The van der Waals surface area contributed by atoms with Crippen LogP contribution in [0.3, 0.4) is 0 Å². The third kappa shape index (κ3) is 3.69. The maximum absolute atomic E-state index is 10.6. The van der Waals surface area contributed by atoms with Crippen molar-refractivity contribution in [2.75, 3.05) is 13.7 Å². The van der Waals surface area contributed by atoms with Crippen LogP contribution in [-0.4, -0.2) is 63.1 Å². The predicted molar refractivity (Wildman–Crippen MR) is 112 cm³/mol. The molecule has 4 rings (SSSR count). The van der Waals surface area contributed by atoms with E-state index in [0.717, 1.165) is 22.3 Å². The van der Waals surface area contributed by atoms with Crippen molar-refractivity contribution < 1.29 is 29.9 Å². The Bertz CT molecular complexity index is 1020. The molecule has 8 heteroatoms. The van der Waals surface area contributed by atoms with Gasteiger partial charge in [-0.2, -0.15) is 0 Å². The number of aromatic nitrogens is 1. The Morgan fingerprint density at radius 3 is 2.43 bits per heavy atom. The van der Waals surface area contributed by atoms with Gasteiger partial charge >= 0.3 is 0 Å². The molecule has 30 heavy (non-hydrogen) atoms. The average Bonchev–Trinajstić information content (AvgIpc) is 3.12. The van der Waals surface area contributed by atoms with Gasteiger partial charge in [0, 0.05) is 11.6 Å². The van der Waals surface area contributed by atoms with Crippen molar-refractivity contribution in [1.29, 1.82) is 0 Å². The number of ether oxygens (including phenoxy) is 2. The fourth-order valence-electron chi connectivity index (χ4n) is 3.96. The van der Waals surface area contributed by atoms with Gasteiger partial charge in [0.15, 0.2) is 6.23 Å². The van der Waals surface area contributed by atoms with Crippen LogP contribution >= 0.6 is 11.6 Å². The molecule has 0 bridgehead atoms. The maximum Gasteiger partial charge on any atom is 0.163 e. The lowest BCUT2D eigenvalue weighted by molar-refractivity contribution is -0.250. The molecule has 0 unspecified atom stereocenters. The SMILES string of the molecule is COc1ccc(Cc2cn([C@@H]3O[C@H](CO)[C@@H](O)[C@H](O)[C@H]3O)c3c(Cl)cccc23)cc1. The molecule has 0 amide bonds. The molecule has 7 nitrogen and oxygen atoms in total. The molecule has 0 aliphatic carbocycles. The van der Waals surface area contributed by atoms with E-state index >= 15 is 0 Å². The summed E-state index contributed by atoms with van der Waals surface area (Å²) in [6.45, 7) is -0.493. The van der Waals surface area contributed by atoms with Crippen molar-refractivity contribution in [3.63, 3.8) is 0 Å². The summed E-state index contributed by atoms with van der Waals surface area (Å²) < 4.78 is 12.6. The summed E-state index contributed by atoms with van der Waals surface area (Å²) in [6, 6.07) is 13.2. The Morgan fingerprint density at radius 2 is 1.77 bits per heavy atom. The molecule has 1 aromatic heterocycles. The lowest BCUT2D eigenvalue weighted by atomic mass is 9.98. The van der Waals surface area contributed by atoms with Gasteiger partial charge in [-0.05, 0) is 35.7 Å². The Kier molecular flexibility index (Phi) is 6.02. The molecule has 0 spiro atoms. The number of aliphatic hydroxyl groups is 4.